The van der Waals surface area contributed by atoms with Gasteiger partial charge in [-0.25, -0.2) is 16.8 Å². The lowest BCUT2D eigenvalue weighted by Crippen LogP contribution is -2.36. The Bertz CT molecular complexity index is 1110. The van der Waals surface area contributed by atoms with E-state index in [1.165, 1.54) is 12.1 Å². The molecule has 8 nitrogen and oxygen atoms in total. The number of hydrogen-bond donors (Lipinski definition) is 0. The average Bonchev–Trinajstić information content (AvgIpc) is 2.98. The summed E-state index contributed by atoms with van der Waals surface area (Å²) in [6, 6.07) is 13.2. The zero-order valence-corrected chi connectivity index (χ0v) is 19.9. The van der Waals surface area contributed by atoms with Crippen LogP contribution in [0, 0.1) is 0 Å². The monoisotopic (exact) mass is 480 g/mol. The lowest BCUT2D eigenvalue weighted by atomic mass is 10.2. The average molecular weight is 481 g/mol. The molecule has 0 saturated carbocycles. The maximum Gasteiger partial charge on any atom is 0.253 e. The molecule has 3 rings (SSSR count). The molecule has 0 radical (unpaired) electrons. The molecule has 1 amide bonds. The first-order chi connectivity index (χ1) is 15.0. The molecule has 0 atom stereocenters. The third-order valence-corrected chi connectivity index (χ3v) is 7.46. The van der Waals surface area contributed by atoms with Gasteiger partial charge in [-0.05, 0) is 36.8 Å². The van der Waals surface area contributed by atoms with Crippen molar-refractivity contribution in [1.82, 2.24) is 9.80 Å². The van der Waals surface area contributed by atoms with E-state index in [9.17, 15) is 21.6 Å². The molecule has 0 N–H and O–H groups in total. The molecule has 1 fully saturated rings. The van der Waals surface area contributed by atoms with Crippen LogP contribution in [-0.2, 0) is 19.7 Å². The van der Waals surface area contributed by atoms with E-state index >= 15 is 0 Å². The van der Waals surface area contributed by atoms with Crippen LogP contribution in [-0.4, -0.2) is 84.4 Å². The van der Waals surface area contributed by atoms with Crippen LogP contribution >= 0.6 is 0 Å². The minimum atomic E-state index is -3.68. The van der Waals surface area contributed by atoms with Crippen LogP contribution in [0.25, 0.3) is 0 Å². The van der Waals surface area contributed by atoms with Crippen molar-refractivity contribution in [2.75, 3.05) is 51.8 Å². The Morgan fingerprint density at radius 2 is 1.50 bits per heavy atom. The molecule has 32 heavy (non-hydrogen) atoms. The fourth-order valence-electron chi connectivity index (χ4n) is 3.51. The second kappa shape index (κ2) is 10.0. The number of para-hydroxylation sites is 1. The van der Waals surface area contributed by atoms with Gasteiger partial charge in [0, 0.05) is 50.8 Å². The maximum atomic E-state index is 13.1. The number of amides is 1. The molecule has 0 bridgehead atoms. The second-order valence-electron chi connectivity index (χ2n) is 7.89. The first-order valence-corrected chi connectivity index (χ1v) is 14.1. The molecule has 1 aliphatic heterocycles. The van der Waals surface area contributed by atoms with Crippen molar-refractivity contribution < 1.29 is 26.4 Å². The van der Waals surface area contributed by atoms with Gasteiger partial charge in [0.25, 0.3) is 5.91 Å². The van der Waals surface area contributed by atoms with E-state index in [2.05, 4.69) is 4.90 Å². The van der Waals surface area contributed by atoms with E-state index in [4.69, 9.17) is 4.74 Å². The quantitative estimate of drug-likeness (QED) is 0.595. The summed E-state index contributed by atoms with van der Waals surface area (Å²) in [6.45, 7) is 3.67. The van der Waals surface area contributed by atoms with E-state index in [-0.39, 0.29) is 21.3 Å². The summed E-state index contributed by atoms with van der Waals surface area (Å²) in [6.07, 6.45) is 2.73. The maximum absolute atomic E-state index is 13.1. The Balaban J connectivity index is 1.68. The van der Waals surface area contributed by atoms with Crippen molar-refractivity contribution >= 4 is 25.6 Å². The molecule has 2 aromatic carbocycles. The molecule has 0 spiro atoms. The summed E-state index contributed by atoms with van der Waals surface area (Å²) in [5.41, 5.74) is 0.0641. The van der Waals surface area contributed by atoms with Gasteiger partial charge >= 0.3 is 0 Å². The fourth-order valence-corrected chi connectivity index (χ4v) is 4.95. The molecule has 1 heterocycles. The van der Waals surface area contributed by atoms with E-state index in [0.717, 1.165) is 43.8 Å². The zero-order chi connectivity index (χ0) is 23.4. The summed E-state index contributed by atoms with van der Waals surface area (Å²) >= 11 is 0. The normalized spacial score (nSPS) is 15.9. The molecule has 1 aliphatic rings. The van der Waals surface area contributed by atoms with Crippen LogP contribution in [0.1, 0.15) is 16.8 Å². The smallest absolute Gasteiger partial charge is 0.253 e. The Morgan fingerprint density at radius 3 is 2.09 bits per heavy atom. The number of sulfone groups is 2. The Labute approximate surface area is 189 Å². The van der Waals surface area contributed by atoms with Gasteiger partial charge in [0.15, 0.2) is 19.7 Å². The van der Waals surface area contributed by atoms with E-state index < -0.39 is 19.7 Å². The number of carbonyl (C=O) groups is 1. The molecule has 10 heteroatoms. The molecule has 2 aromatic rings. The Hall–Kier alpha value is -2.43. The highest BCUT2D eigenvalue weighted by Gasteiger charge is 2.24. The van der Waals surface area contributed by atoms with Gasteiger partial charge in [0.1, 0.15) is 12.4 Å². The lowest BCUT2D eigenvalue weighted by Gasteiger charge is -2.22. The van der Waals surface area contributed by atoms with Crippen LogP contribution in [0.15, 0.2) is 58.3 Å². The predicted octanol–water partition coefficient (Wildman–Crippen LogP) is 1.72. The van der Waals surface area contributed by atoms with Gasteiger partial charge in [-0.2, -0.15) is 0 Å². The van der Waals surface area contributed by atoms with Gasteiger partial charge in [0.2, 0.25) is 0 Å². The van der Waals surface area contributed by atoms with Gasteiger partial charge in [0.05, 0.1) is 9.79 Å². The number of carbonyl (C=O) groups excluding carboxylic acids is 1. The van der Waals surface area contributed by atoms with E-state index in [0.29, 0.717) is 26.2 Å². The minimum absolute atomic E-state index is 0.0641. The molecular weight excluding hydrogens is 452 g/mol. The summed E-state index contributed by atoms with van der Waals surface area (Å²) in [5.74, 6) is 0.439. The SMILES string of the molecule is CS(=O)(=O)c1cc(C(=O)N2CCCN(CCOc3ccccc3)CC2)cc(S(C)(=O)=O)c1. The summed E-state index contributed by atoms with van der Waals surface area (Å²) < 4.78 is 53.9. The number of benzene rings is 2. The van der Waals surface area contributed by atoms with Crippen LogP contribution < -0.4 is 4.74 Å². The van der Waals surface area contributed by atoms with Crippen molar-refractivity contribution in [3.63, 3.8) is 0 Å². The number of rotatable bonds is 7. The summed E-state index contributed by atoms with van der Waals surface area (Å²) in [4.78, 5) is 16.6. The largest absolute Gasteiger partial charge is 0.492 e. The van der Waals surface area contributed by atoms with Gasteiger partial charge in [-0.15, -0.1) is 0 Å². The topological polar surface area (TPSA) is 101 Å². The number of hydrogen-bond acceptors (Lipinski definition) is 7. The minimum Gasteiger partial charge on any atom is -0.492 e. The molecule has 0 aliphatic carbocycles. The van der Waals surface area contributed by atoms with Gasteiger partial charge < -0.3 is 9.64 Å². The molecule has 0 unspecified atom stereocenters. The van der Waals surface area contributed by atoms with Crippen LogP contribution in [0.3, 0.4) is 0 Å². The van der Waals surface area contributed by atoms with Crippen molar-refractivity contribution in [3.8, 4) is 5.75 Å². The van der Waals surface area contributed by atoms with E-state index in [1.54, 1.807) is 4.90 Å². The first kappa shape index (κ1) is 24.2. The Kier molecular flexibility index (Phi) is 7.58. The van der Waals surface area contributed by atoms with E-state index in [1.807, 2.05) is 30.3 Å². The highest BCUT2D eigenvalue weighted by Crippen LogP contribution is 2.21. The van der Waals surface area contributed by atoms with Crippen molar-refractivity contribution in [1.29, 1.82) is 0 Å². The highest BCUT2D eigenvalue weighted by atomic mass is 32.2. The Morgan fingerprint density at radius 1 is 0.875 bits per heavy atom. The summed E-state index contributed by atoms with van der Waals surface area (Å²) in [5, 5.41) is 0. The lowest BCUT2D eigenvalue weighted by molar-refractivity contribution is 0.0760. The number of ether oxygens (including phenoxy) is 1. The zero-order valence-electron chi connectivity index (χ0n) is 18.2. The first-order valence-electron chi connectivity index (χ1n) is 10.3. The van der Waals surface area contributed by atoms with Crippen molar-refractivity contribution in [3.05, 3.63) is 54.1 Å². The number of nitrogens with zero attached hydrogens (tertiary/aromatic N) is 2. The third-order valence-electron chi connectivity index (χ3n) is 5.28. The second-order valence-corrected chi connectivity index (χ2v) is 11.9. The standard InChI is InChI=1S/C22H28N2O6S2/c1-31(26,27)20-15-18(16-21(17-20)32(2,28)29)22(25)24-10-6-9-23(11-12-24)13-14-30-19-7-4-3-5-8-19/h3-5,7-8,15-17H,6,9-14H2,1-2H3. The van der Waals surface area contributed by atoms with Crippen molar-refractivity contribution in [2.45, 2.75) is 16.2 Å². The highest BCUT2D eigenvalue weighted by molar-refractivity contribution is 7.91. The molecular formula is C22H28N2O6S2. The van der Waals surface area contributed by atoms with Crippen LogP contribution in [0.2, 0.25) is 0 Å². The molecule has 1 saturated heterocycles. The van der Waals surface area contributed by atoms with Crippen molar-refractivity contribution in [2.24, 2.45) is 0 Å². The summed E-state index contributed by atoms with van der Waals surface area (Å²) in [7, 11) is -7.36. The van der Waals surface area contributed by atoms with Gasteiger partial charge in [-0.3, -0.25) is 9.69 Å². The van der Waals surface area contributed by atoms with Crippen LogP contribution in [0.4, 0.5) is 0 Å². The third kappa shape index (κ3) is 6.54. The fraction of sp³-hybridized carbons (Fsp3) is 0.409. The molecule has 174 valence electrons. The predicted molar refractivity (Wildman–Crippen MR) is 122 cm³/mol. The van der Waals surface area contributed by atoms with Gasteiger partial charge in [-0.1, -0.05) is 18.2 Å². The molecule has 0 aromatic heterocycles. The van der Waals surface area contributed by atoms with Crippen LogP contribution in [0.5, 0.6) is 5.75 Å².